The lowest BCUT2D eigenvalue weighted by molar-refractivity contribution is -0.138. The van der Waals surface area contributed by atoms with Crippen molar-refractivity contribution in [3.05, 3.63) is 118 Å². The van der Waals surface area contributed by atoms with Crippen molar-refractivity contribution in [2.24, 2.45) is 5.41 Å². The summed E-state index contributed by atoms with van der Waals surface area (Å²) >= 11 is 8.09. The number of halogens is 1. The number of rotatable bonds is 12. The fourth-order valence-electron chi connectivity index (χ4n) is 5.51. The number of hydrogen-bond acceptors (Lipinski definition) is 3. The van der Waals surface area contributed by atoms with E-state index in [1.54, 1.807) is 0 Å². The molecule has 0 saturated heterocycles. The molecule has 0 radical (unpaired) electrons. The molecule has 4 aromatic rings. The highest BCUT2D eigenvalue weighted by atomic mass is 35.5. The van der Waals surface area contributed by atoms with Crippen LogP contribution in [0, 0.1) is 5.41 Å². The normalized spacial score (nSPS) is 15.3. The Balaban J connectivity index is 1.37. The Labute approximate surface area is 252 Å². The van der Waals surface area contributed by atoms with Crippen molar-refractivity contribution >= 4 is 52.3 Å². The predicted molar refractivity (Wildman–Crippen MR) is 173 cm³/mol. The molecule has 41 heavy (non-hydrogen) atoms. The van der Waals surface area contributed by atoms with Gasteiger partial charge in [0.15, 0.2) is 0 Å². The van der Waals surface area contributed by atoms with Gasteiger partial charge in [0.1, 0.15) is 0 Å². The van der Waals surface area contributed by atoms with E-state index in [1.807, 2.05) is 62.0 Å². The number of thioether (sulfide) groups is 1. The van der Waals surface area contributed by atoms with Crippen LogP contribution >= 0.6 is 23.4 Å². The van der Waals surface area contributed by atoms with Crippen LogP contribution in [0.5, 0.6) is 0 Å². The molecule has 1 saturated carbocycles. The van der Waals surface area contributed by atoms with E-state index >= 15 is 0 Å². The van der Waals surface area contributed by atoms with Gasteiger partial charge in [0.25, 0.3) is 0 Å². The lowest BCUT2D eigenvalue weighted by Crippen LogP contribution is -2.18. The molecular weight excluding hydrogens is 548 g/mol. The lowest BCUT2D eigenvalue weighted by atomic mass is 9.90. The minimum absolute atomic E-state index is 0.0732. The third kappa shape index (κ3) is 7.82. The molecule has 1 aliphatic carbocycles. The quantitative estimate of drug-likeness (QED) is 0.163. The van der Waals surface area contributed by atoms with E-state index in [9.17, 15) is 15.0 Å². The van der Waals surface area contributed by atoms with Gasteiger partial charge in [-0.1, -0.05) is 90.5 Å². The fraction of sp³-hybridized carbons (Fsp3) is 0.306. The molecule has 5 rings (SSSR count). The van der Waals surface area contributed by atoms with Crippen molar-refractivity contribution in [1.82, 2.24) is 0 Å². The van der Waals surface area contributed by atoms with Crippen LogP contribution in [0.2, 0.25) is 5.02 Å². The first kappa shape index (κ1) is 29.4. The topological polar surface area (TPSA) is 57.5 Å². The van der Waals surface area contributed by atoms with Gasteiger partial charge in [-0.3, -0.25) is 4.79 Å². The summed E-state index contributed by atoms with van der Waals surface area (Å²) in [6.07, 6.45) is 8.23. The number of carbonyl (C=O) groups is 1. The van der Waals surface area contributed by atoms with Gasteiger partial charge in [0.2, 0.25) is 0 Å². The predicted octanol–water partition coefficient (Wildman–Crippen LogP) is 9.55. The SMILES string of the molecule is CC(C)(O)c1ccccc1CC[C@@H](SCC1(CC(=O)O)CC1)c1cccc(/C=C/c2ccc3ccc(Cl)cc3c2)c1. The number of hydrogen-bond donors (Lipinski definition) is 2. The molecule has 0 aromatic heterocycles. The van der Waals surface area contributed by atoms with E-state index in [1.165, 1.54) is 5.56 Å². The Morgan fingerprint density at radius 2 is 1.68 bits per heavy atom. The maximum absolute atomic E-state index is 11.5. The molecule has 1 aliphatic rings. The summed E-state index contributed by atoms with van der Waals surface area (Å²) in [7, 11) is 0. The van der Waals surface area contributed by atoms with Crippen molar-refractivity contribution in [3.8, 4) is 0 Å². The Morgan fingerprint density at radius 3 is 2.41 bits per heavy atom. The second kappa shape index (κ2) is 12.4. The Bertz CT molecular complexity index is 1560. The summed E-state index contributed by atoms with van der Waals surface area (Å²) in [6.45, 7) is 3.67. The Morgan fingerprint density at radius 1 is 0.951 bits per heavy atom. The first-order valence-electron chi connectivity index (χ1n) is 14.2. The second-order valence-electron chi connectivity index (χ2n) is 11.9. The smallest absolute Gasteiger partial charge is 0.303 e. The zero-order valence-corrected chi connectivity index (χ0v) is 25.2. The highest BCUT2D eigenvalue weighted by Gasteiger charge is 2.44. The van der Waals surface area contributed by atoms with E-state index in [-0.39, 0.29) is 17.1 Å². The number of aliphatic hydroxyl groups is 1. The summed E-state index contributed by atoms with van der Waals surface area (Å²) in [5.41, 5.74) is 4.63. The van der Waals surface area contributed by atoms with Crippen LogP contribution in [0.1, 0.15) is 72.6 Å². The van der Waals surface area contributed by atoms with Crippen LogP contribution in [0.3, 0.4) is 0 Å². The maximum atomic E-state index is 11.5. The largest absolute Gasteiger partial charge is 0.481 e. The molecule has 0 aliphatic heterocycles. The molecule has 5 heteroatoms. The molecule has 2 N–H and O–H groups in total. The van der Waals surface area contributed by atoms with E-state index < -0.39 is 11.6 Å². The number of aliphatic carboxylic acids is 1. The number of aryl methyl sites for hydroxylation is 1. The molecule has 1 atom stereocenters. The Kier molecular flexibility index (Phi) is 8.94. The van der Waals surface area contributed by atoms with Gasteiger partial charge in [0.05, 0.1) is 12.0 Å². The third-order valence-corrected chi connectivity index (χ3v) is 9.93. The molecule has 0 spiro atoms. The van der Waals surface area contributed by atoms with Gasteiger partial charge in [-0.25, -0.2) is 0 Å². The van der Waals surface area contributed by atoms with Gasteiger partial charge >= 0.3 is 5.97 Å². The zero-order valence-electron chi connectivity index (χ0n) is 23.6. The summed E-state index contributed by atoms with van der Waals surface area (Å²) in [5, 5.41) is 23.4. The molecule has 0 bridgehead atoms. The van der Waals surface area contributed by atoms with Crippen molar-refractivity contribution < 1.29 is 15.0 Å². The average molecular weight is 585 g/mol. The van der Waals surface area contributed by atoms with Crippen LogP contribution in [0.25, 0.3) is 22.9 Å². The molecule has 0 amide bonds. The molecule has 1 fully saturated rings. The molecule has 212 valence electrons. The van der Waals surface area contributed by atoms with Crippen LogP contribution in [-0.4, -0.2) is 21.9 Å². The number of carboxylic acid groups (broad SMARTS) is 1. The zero-order chi connectivity index (χ0) is 29.0. The monoisotopic (exact) mass is 584 g/mol. The van der Waals surface area contributed by atoms with E-state index in [0.29, 0.717) is 0 Å². The molecule has 4 aromatic carbocycles. The van der Waals surface area contributed by atoms with Gasteiger partial charge in [-0.2, -0.15) is 11.8 Å². The van der Waals surface area contributed by atoms with Crippen LogP contribution in [0.4, 0.5) is 0 Å². The average Bonchev–Trinajstić information content (AvgIpc) is 3.70. The van der Waals surface area contributed by atoms with Crippen LogP contribution < -0.4 is 0 Å². The van der Waals surface area contributed by atoms with Crippen LogP contribution in [0.15, 0.2) is 84.9 Å². The van der Waals surface area contributed by atoms with Gasteiger partial charge in [-0.05, 0) is 102 Å². The molecular formula is C36H37ClO3S. The first-order valence-corrected chi connectivity index (χ1v) is 15.6. The third-order valence-electron chi connectivity index (χ3n) is 8.00. The maximum Gasteiger partial charge on any atom is 0.303 e. The van der Waals surface area contributed by atoms with E-state index in [0.717, 1.165) is 69.5 Å². The van der Waals surface area contributed by atoms with Crippen molar-refractivity contribution in [3.63, 3.8) is 0 Å². The number of carboxylic acids is 1. The number of benzene rings is 4. The van der Waals surface area contributed by atoms with E-state index in [2.05, 4.69) is 60.7 Å². The highest BCUT2D eigenvalue weighted by molar-refractivity contribution is 7.99. The first-order chi connectivity index (χ1) is 19.6. The summed E-state index contributed by atoms with van der Waals surface area (Å²) < 4.78 is 0. The van der Waals surface area contributed by atoms with Crippen LogP contribution in [-0.2, 0) is 16.8 Å². The second-order valence-corrected chi connectivity index (χ2v) is 13.5. The van der Waals surface area contributed by atoms with Crippen molar-refractivity contribution in [2.45, 2.75) is 56.8 Å². The van der Waals surface area contributed by atoms with Crippen molar-refractivity contribution in [1.29, 1.82) is 0 Å². The molecule has 0 unspecified atom stereocenters. The lowest BCUT2D eigenvalue weighted by Gasteiger charge is -2.24. The number of fused-ring (bicyclic) bond motifs is 1. The minimum atomic E-state index is -0.905. The summed E-state index contributed by atoms with van der Waals surface area (Å²) in [5.74, 6) is 0.137. The fourth-order valence-corrected chi connectivity index (χ4v) is 7.26. The van der Waals surface area contributed by atoms with Gasteiger partial charge in [-0.15, -0.1) is 0 Å². The molecule has 0 heterocycles. The Hall–Kier alpha value is -3.05. The molecule has 3 nitrogen and oxygen atoms in total. The summed E-state index contributed by atoms with van der Waals surface area (Å²) in [6, 6.07) is 29.1. The van der Waals surface area contributed by atoms with E-state index in [4.69, 9.17) is 11.6 Å². The highest BCUT2D eigenvalue weighted by Crippen LogP contribution is 2.53. The summed E-state index contributed by atoms with van der Waals surface area (Å²) in [4.78, 5) is 11.5. The van der Waals surface area contributed by atoms with Gasteiger partial charge < -0.3 is 10.2 Å². The minimum Gasteiger partial charge on any atom is -0.481 e. The standard InChI is InChI=1S/C36H37ClO3S/c1-35(2,40)32-9-4-3-7-28(32)15-17-33(41-24-36(18-19-36)23-34(38)39)29-8-5-6-25(20-29)10-11-26-12-13-27-14-16-31(37)22-30(27)21-26/h3-14,16,20-22,33,40H,15,17-19,23-24H2,1-2H3,(H,38,39)/b11-10+/t33-/m1/s1. The van der Waals surface area contributed by atoms with Crippen molar-refractivity contribution in [2.75, 3.05) is 5.75 Å². The van der Waals surface area contributed by atoms with Gasteiger partial charge in [0, 0.05) is 16.0 Å².